The standard InChI is InChI=1S/C12H13N3O2/c1-15-10-3-2-9(4-6-14-7-5-13)8-11(10)17-12(15)16/h2-3,8,14H,4,6-7H2,1H3. The molecule has 1 aromatic heterocycles. The van der Waals surface area contributed by atoms with Crippen LogP contribution in [0.3, 0.4) is 0 Å². The van der Waals surface area contributed by atoms with Crippen LogP contribution in [0.4, 0.5) is 0 Å². The minimum Gasteiger partial charge on any atom is -0.408 e. The van der Waals surface area contributed by atoms with Crippen LogP contribution in [-0.2, 0) is 13.5 Å². The Bertz CT molecular complexity index is 619. The largest absolute Gasteiger partial charge is 0.419 e. The highest BCUT2D eigenvalue weighted by atomic mass is 16.4. The monoisotopic (exact) mass is 231 g/mol. The predicted molar refractivity (Wildman–Crippen MR) is 63.6 cm³/mol. The molecule has 1 aromatic carbocycles. The van der Waals surface area contributed by atoms with Gasteiger partial charge < -0.3 is 9.73 Å². The molecule has 0 bridgehead atoms. The van der Waals surface area contributed by atoms with Crippen molar-refractivity contribution in [2.45, 2.75) is 6.42 Å². The fourth-order valence-electron chi connectivity index (χ4n) is 1.71. The number of oxazole rings is 1. The topological polar surface area (TPSA) is 71.0 Å². The molecular weight excluding hydrogens is 218 g/mol. The number of fused-ring (bicyclic) bond motifs is 1. The number of aryl methyl sites for hydroxylation is 1. The Morgan fingerprint density at radius 3 is 3.12 bits per heavy atom. The molecule has 0 aliphatic rings. The highest BCUT2D eigenvalue weighted by Crippen LogP contribution is 2.14. The fraction of sp³-hybridized carbons (Fsp3) is 0.333. The summed E-state index contributed by atoms with van der Waals surface area (Å²) in [5.74, 6) is -0.347. The summed E-state index contributed by atoms with van der Waals surface area (Å²) in [5.41, 5.74) is 2.48. The van der Waals surface area contributed by atoms with Gasteiger partial charge in [0.2, 0.25) is 0 Å². The predicted octanol–water partition coefficient (Wildman–Crippen LogP) is 0.787. The van der Waals surface area contributed by atoms with E-state index in [4.69, 9.17) is 9.68 Å². The summed E-state index contributed by atoms with van der Waals surface area (Å²) >= 11 is 0. The van der Waals surface area contributed by atoms with Gasteiger partial charge in [0.05, 0.1) is 18.1 Å². The summed E-state index contributed by atoms with van der Waals surface area (Å²) < 4.78 is 6.58. The van der Waals surface area contributed by atoms with E-state index in [0.717, 1.165) is 24.0 Å². The van der Waals surface area contributed by atoms with Crippen LogP contribution in [0.1, 0.15) is 5.56 Å². The summed E-state index contributed by atoms with van der Waals surface area (Å²) in [4.78, 5) is 11.3. The Kier molecular flexibility index (Phi) is 3.26. The number of hydrogen-bond donors (Lipinski definition) is 1. The first-order chi connectivity index (χ1) is 8.22. The first-order valence-electron chi connectivity index (χ1n) is 5.38. The maximum absolute atomic E-state index is 11.3. The zero-order valence-electron chi connectivity index (χ0n) is 9.56. The lowest BCUT2D eigenvalue weighted by molar-refractivity contribution is 0.528. The molecule has 2 rings (SSSR count). The maximum Gasteiger partial charge on any atom is 0.419 e. The van der Waals surface area contributed by atoms with E-state index < -0.39 is 0 Å². The number of benzene rings is 1. The van der Waals surface area contributed by atoms with Gasteiger partial charge in [-0.05, 0) is 24.1 Å². The molecule has 5 nitrogen and oxygen atoms in total. The summed E-state index contributed by atoms with van der Waals surface area (Å²) in [7, 11) is 1.68. The molecule has 0 atom stereocenters. The second kappa shape index (κ2) is 4.85. The van der Waals surface area contributed by atoms with Crippen LogP contribution in [0.25, 0.3) is 11.1 Å². The maximum atomic E-state index is 11.3. The molecule has 0 radical (unpaired) electrons. The quantitative estimate of drug-likeness (QED) is 0.623. The van der Waals surface area contributed by atoms with Crippen molar-refractivity contribution < 1.29 is 4.42 Å². The number of nitrogens with one attached hydrogen (secondary N) is 1. The lowest BCUT2D eigenvalue weighted by atomic mass is 10.1. The molecule has 2 aromatic rings. The van der Waals surface area contributed by atoms with Crippen molar-refractivity contribution in [2.75, 3.05) is 13.1 Å². The number of rotatable bonds is 4. The Hall–Kier alpha value is -2.06. The molecule has 1 heterocycles. The van der Waals surface area contributed by atoms with Gasteiger partial charge in [-0.15, -0.1) is 0 Å². The van der Waals surface area contributed by atoms with Gasteiger partial charge in [-0.3, -0.25) is 4.57 Å². The molecule has 5 heteroatoms. The molecule has 1 N–H and O–H groups in total. The smallest absolute Gasteiger partial charge is 0.408 e. The van der Waals surface area contributed by atoms with Gasteiger partial charge >= 0.3 is 5.76 Å². The van der Waals surface area contributed by atoms with Crippen LogP contribution in [0.15, 0.2) is 27.4 Å². The van der Waals surface area contributed by atoms with E-state index in [1.807, 2.05) is 24.3 Å². The van der Waals surface area contributed by atoms with Gasteiger partial charge in [0, 0.05) is 13.6 Å². The Morgan fingerprint density at radius 2 is 2.35 bits per heavy atom. The molecule has 17 heavy (non-hydrogen) atoms. The second-order valence-electron chi connectivity index (χ2n) is 3.81. The molecule has 0 amide bonds. The van der Waals surface area contributed by atoms with E-state index in [1.54, 1.807) is 7.05 Å². The van der Waals surface area contributed by atoms with E-state index in [-0.39, 0.29) is 5.76 Å². The van der Waals surface area contributed by atoms with Crippen LogP contribution in [0, 0.1) is 11.3 Å². The van der Waals surface area contributed by atoms with E-state index >= 15 is 0 Å². The third-order valence-electron chi connectivity index (χ3n) is 2.65. The number of nitrogens with zero attached hydrogens (tertiary/aromatic N) is 2. The molecule has 88 valence electrons. The van der Waals surface area contributed by atoms with Gasteiger partial charge in [0.1, 0.15) is 0 Å². The van der Waals surface area contributed by atoms with E-state index in [0.29, 0.717) is 12.1 Å². The molecule has 0 spiro atoms. The molecule has 0 saturated carbocycles. The van der Waals surface area contributed by atoms with Crippen molar-refractivity contribution >= 4 is 11.1 Å². The van der Waals surface area contributed by atoms with Crippen LogP contribution in [-0.4, -0.2) is 17.7 Å². The van der Waals surface area contributed by atoms with E-state index in [2.05, 4.69) is 5.32 Å². The summed E-state index contributed by atoms with van der Waals surface area (Å²) in [6.07, 6.45) is 0.802. The van der Waals surface area contributed by atoms with Gasteiger partial charge in [-0.1, -0.05) is 6.07 Å². The third kappa shape index (κ3) is 2.37. The fourth-order valence-corrected chi connectivity index (χ4v) is 1.71. The highest BCUT2D eigenvalue weighted by molar-refractivity contribution is 5.73. The van der Waals surface area contributed by atoms with E-state index in [1.165, 1.54) is 4.57 Å². The summed E-state index contributed by atoms with van der Waals surface area (Å²) in [6.45, 7) is 1.08. The molecule has 0 aliphatic carbocycles. The van der Waals surface area contributed by atoms with Gasteiger partial charge in [-0.25, -0.2) is 4.79 Å². The van der Waals surface area contributed by atoms with Crippen molar-refractivity contribution in [3.63, 3.8) is 0 Å². The number of aromatic nitrogens is 1. The summed E-state index contributed by atoms with van der Waals surface area (Å²) in [6, 6.07) is 7.72. The van der Waals surface area contributed by atoms with Crippen molar-refractivity contribution in [1.82, 2.24) is 9.88 Å². The SMILES string of the molecule is Cn1c(=O)oc2cc(CCNCC#N)ccc21. The first kappa shape index (κ1) is 11.4. The highest BCUT2D eigenvalue weighted by Gasteiger charge is 2.05. The molecule has 0 unspecified atom stereocenters. The van der Waals surface area contributed by atoms with Crippen LogP contribution in [0.2, 0.25) is 0 Å². The molecule has 0 fully saturated rings. The van der Waals surface area contributed by atoms with Crippen LogP contribution in [0.5, 0.6) is 0 Å². The molecule has 0 saturated heterocycles. The Balaban J connectivity index is 2.15. The minimum absolute atomic E-state index is 0.347. The normalized spacial score (nSPS) is 10.6. The van der Waals surface area contributed by atoms with Crippen LogP contribution < -0.4 is 11.1 Å². The summed E-state index contributed by atoms with van der Waals surface area (Å²) in [5, 5.41) is 11.4. The van der Waals surface area contributed by atoms with Crippen LogP contribution >= 0.6 is 0 Å². The average molecular weight is 231 g/mol. The van der Waals surface area contributed by atoms with Crippen molar-refractivity contribution in [3.05, 3.63) is 34.3 Å². The second-order valence-corrected chi connectivity index (χ2v) is 3.81. The van der Waals surface area contributed by atoms with Gasteiger partial charge in [0.25, 0.3) is 0 Å². The zero-order chi connectivity index (χ0) is 12.3. The first-order valence-corrected chi connectivity index (χ1v) is 5.38. The lowest BCUT2D eigenvalue weighted by Crippen LogP contribution is -2.17. The van der Waals surface area contributed by atoms with Gasteiger partial charge in [-0.2, -0.15) is 5.26 Å². The van der Waals surface area contributed by atoms with E-state index in [9.17, 15) is 4.79 Å². The molecule has 0 aliphatic heterocycles. The minimum atomic E-state index is -0.347. The molecular formula is C12H13N3O2. The average Bonchev–Trinajstić information content (AvgIpc) is 2.61. The van der Waals surface area contributed by atoms with Crippen molar-refractivity contribution in [1.29, 1.82) is 5.26 Å². The van der Waals surface area contributed by atoms with Gasteiger partial charge in [0.15, 0.2) is 5.58 Å². The Labute approximate surface area is 98.3 Å². The lowest BCUT2D eigenvalue weighted by Gasteiger charge is -2.01. The Morgan fingerprint density at radius 1 is 1.53 bits per heavy atom. The number of hydrogen-bond acceptors (Lipinski definition) is 4. The number of nitriles is 1. The van der Waals surface area contributed by atoms with Crippen molar-refractivity contribution in [3.8, 4) is 6.07 Å². The third-order valence-corrected chi connectivity index (χ3v) is 2.65. The van der Waals surface area contributed by atoms with Crippen molar-refractivity contribution in [2.24, 2.45) is 7.05 Å². The zero-order valence-corrected chi connectivity index (χ0v) is 9.56.